The number of aromatic nitrogens is 1. The monoisotopic (exact) mass is 222 g/mol. The molecule has 1 rings (SSSR count). The lowest BCUT2D eigenvalue weighted by molar-refractivity contribution is -0.754. The molecular formula is C13H20NO2+. The SMILES string of the molecule is COC(=O)C(C)(C)[n+]1c(C)cc(C)cc1C. The van der Waals surface area contributed by atoms with E-state index in [0.717, 1.165) is 11.4 Å². The van der Waals surface area contributed by atoms with E-state index in [-0.39, 0.29) is 5.97 Å². The molecule has 0 aliphatic rings. The van der Waals surface area contributed by atoms with E-state index in [1.807, 2.05) is 32.3 Å². The molecule has 0 fully saturated rings. The molecule has 88 valence electrons. The number of nitrogens with zero attached hydrogens (tertiary/aromatic N) is 1. The lowest BCUT2D eigenvalue weighted by Crippen LogP contribution is -2.61. The van der Waals surface area contributed by atoms with Crippen molar-refractivity contribution in [3.8, 4) is 0 Å². The van der Waals surface area contributed by atoms with Crippen molar-refractivity contribution >= 4 is 5.97 Å². The van der Waals surface area contributed by atoms with Crippen molar-refractivity contribution in [3.63, 3.8) is 0 Å². The molecule has 1 aromatic heterocycles. The number of carbonyl (C=O) groups excluding carboxylic acids is 1. The number of hydrogen-bond donors (Lipinski definition) is 0. The second-order valence-corrected chi connectivity index (χ2v) is 4.70. The molecule has 1 aromatic rings. The fourth-order valence-corrected chi connectivity index (χ4v) is 2.33. The fourth-order valence-electron chi connectivity index (χ4n) is 2.33. The molecule has 3 nitrogen and oxygen atoms in total. The van der Waals surface area contributed by atoms with Crippen LogP contribution in [0.1, 0.15) is 30.8 Å². The summed E-state index contributed by atoms with van der Waals surface area (Å²) in [6, 6.07) is 4.13. The molecule has 0 aromatic carbocycles. The van der Waals surface area contributed by atoms with Gasteiger partial charge < -0.3 is 4.74 Å². The molecule has 0 amide bonds. The first kappa shape index (κ1) is 12.7. The first-order chi connectivity index (χ1) is 7.30. The molecule has 0 radical (unpaired) electrons. The molecule has 0 spiro atoms. The van der Waals surface area contributed by atoms with Crippen LogP contribution in [-0.2, 0) is 15.1 Å². The highest BCUT2D eigenvalue weighted by molar-refractivity contribution is 5.75. The number of methoxy groups -OCH3 is 1. The van der Waals surface area contributed by atoms with Gasteiger partial charge in [-0.05, 0) is 12.5 Å². The van der Waals surface area contributed by atoms with Crippen molar-refractivity contribution in [2.45, 2.75) is 40.2 Å². The molecule has 0 atom stereocenters. The molecule has 0 aliphatic carbocycles. The van der Waals surface area contributed by atoms with Crippen molar-refractivity contribution in [3.05, 3.63) is 29.1 Å². The third kappa shape index (κ3) is 2.08. The maximum absolute atomic E-state index is 11.8. The summed E-state index contributed by atoms with van der Waals surface area (Å²) in [5, 5.41) is 0. The van der Waals surface area contributed by atoms with Crippen molar-refractivity contribution in [2.24, 2.45) is 0 Å². The van der Waals surface area contributed by atoms with Gasteiger partial charge in [-0.15, -0.1) is 0 Å². The van der Waals surface area contributed by atoms with Crippen LogP contribution >= 0.6 is 0 Å². The Balaban J connectivity index is 3.38. The van der Waals surface area contributed by atoms with Crippen LogP contribution in [0.5, 0.6) is 0 Å². The van der Waals surface area contributed by atoms with Crippen LogP contribution in [0.3, 0.4) is 0 Å². The van der Waals surface area contributed by atoms with Crippen LogP contribution < -0.4 is 4.57 Å². The third-order valence-corrected chi connectivity index (χ3v) is 2.82. The van der Waals surface area contributed by atoms with Crippen molar-refractivity contribution in [2.75, 3.05) is 7.11 Å². The van der Waals surface area contributed by atoms with E-state index in [1.54, 1.807) is 0 Å². The zero-order valence-electron chi connectivity index (χ0n) is 10.9. The van der Waals surface area contributed by atoms with E-state index >= 15 is 0 Å². The topological polar surface area (TPSA) is 30.2 Å². The summed E-state index contributed by atoms with van der Waals surface area (Å²) < 4.78 is 6.86. The van der Waals surface area contributed by atoms with Crippen LogP contribution in [0.25, 0.3) is 0 Å². The number of carbonyl (C=O) groups is 1. The number of ether oxygens (including phenoxy) is 1. The Labute approximate surface area is 97.1 Å². The molecule has 0 bridgehead atoms. The van der Waals surface area contributed by atoms with Gasteiger partial charge in [-0.25, -0.2) is 4.79 Å². The van der Waals surface area contributed by atoms with Crippen molar-refractivity contribution < 1.29 is 14.1 Å². The minimum atomic E-state index is -0.670. The minimum Gasteiger partial charge on any atom is -0.464 e. The van der Waals surface area contributed by atoms with E-state index in [9.17, 15) is 4.79 Å². The summed E-state index contributed by atoms with van der Waals surface area (Å²) in [6.07, 6.45) is 0. The van der Waals surface area contributed by atoms with Gasteiger partial charge in [0.15, 0.2) is 11.4 Å². The van der Waals surface area contributed by atoms with Crippen molar-refractivity contribution in [1.82, 2.24) is 0 Å². The first-order valence-electron chi connectivity index (χ1n) is 5.39. The molecule has 0 saturated heterocycles. The Morgan fingerprint density at radius 1 is 1.19 bits per heavy atom. The van der Waals surface area contributed by atoms with Crippen LogP contribution in [0.2, 0.25) is 0 Å². The number of pyridine rings is 1. The molecule has 0 N–H and O–H groups in total. The molecule has 0 unspecified atom stereocenters. The number of aryl methyl sites for hydroxylation is 3. The lowest BCUT2D eigenvalue weighted by atomic mass is 10.0. The first-order valence-corrected chi connectivity index (χ1v) is 5.39. The highest BCUT2D eigenvalue weighted by Gasteiger charge is 2.41. The maximum atomic E-state index is 11.8. The Morgan fingerprint density at radius 3 is 2.00 bits per heavy atom. The second kappa shape index (κ2) is 4.24. The van der Waals surface area contributed by atoms with E-state index in [4.69, 9.17) is 4.74 Å². The van der Waals surface area contributed by atoms with Gasteiger partial charge in [0.2, 0.25) is 0 Å². The van der Waals surface area contributed by atoms with Crippen LogP contribution in [0, 0.1) is 20.8 Å². The van der Waals surface area contributed by atoms with E-state index < -0.39 is 5.54 Å². The molecule has 0 aliphatic heterocycles. The lowest BCUT2D eigenvalue weighted by Gasteiger charge is -2.20. The average molecular weight is 222 g/mol. The quantitative estimate of drug-likeness (QED) is 0.564. The Morgan fingerprint density at radius 2 is 1.62 bits per heavy atom. The summed E-state index contributed by atoms with van der Waals surface area (Å²) in [6.45, 7) is 9.80. The van der Waals surface area contributed by atoms with E-state index in [1.165, 1.54) is 12.7 Å². The summed E-state index contributed by atoms with van der Waals surface area (Å²) in [4.78, 5) is 11.8. The van der Waals surface area contributed by atoms with Gasteiger partial charge in [0.1, 0.15) is 0 Å². The molecule has 16 heavy (non-hydrogen) atoms. The van der Waals surface area contributed by atoms with Gasteiger partial charge in [0.05, 0.1) is 7.11 Å². The molecular weight excluding hydrogens is 202 g/mol. The Bertz CT molecular complexity index is 399. The van der Waals surface area contributed by atoms with Crippen LogP contribution in [0.15, 0.2) is 12.1 Å². The third-order valence-electron chi connectivity index (χ3n) is 2.82. The largest absolute Gasteiger partial charge is 0.464 e. The van der Waals surface area contributed by atoms with E-state index in [2.05, 4.69) is 19.1 Å². The highest BCUT2D eigenvalue weighted by atomic mass is 16.5. The van der Waals surface area contributed by atoms with Crippen LogP contribution in [0.4, 0.5) is 0 Å². The summed E-state index contributed by atoms with van der Waals surface area (Å²) in [5.74, 6) is -0.229. The van der Waals surface area contributed by atoms with Gasteiger partial charge in [0, 0.05) is 39.8 Å². The summed E-state index contributed by atoms with van der Waals surface area (Å²) >= 11 is 0. The second-order valence-electron chi connectivity index (χ2n) is 4.70. The molecule has 0 saturated carbocycles. The predicted octanol–water partition coefficient (Wildman–Crippen LogP) is 1.81. The molecule has 1 heterocycles. The number of rotatable bonds is 2. The van der Waals surface area contributed by atoms with Gasteiger partial charge in [-0.3, -0.25) is 0 Å². The minimum absolute atomic E-state index is 0.229. The maximum Gasteiger partial charge on any atom is 0.378 e. The van der Waals surface area contributed by atoms with Crippen molar-refractivity contribution in [1.29, 1.82) is 0 Å². The fraction of sp³-hybridized carbons (Fsp3) is 0.538. The van der Waals surface area contributed by atoms with E-state index in [0.29, 0.717) is 0 Å². The Hall–Kier alpha value is -1.38. The zero-order chi connectivity index (χ0) is 12.5. The smallest absolute Gasteiger partial charge is 0.378 e. The van der Waals surface area contributed by atoms with Gasteiger partial charge in [-0.2, -0.15) is 4.57 Å². The van der Waals surface area contributed by atoms with Crippen LogP contribution in [-0.4, -0.2) is 13.1 Å². The number of esters is 1. The zero-order valence-corrected chi connectivity index (χ0v) is 10.9. The standard InChI is InChI=1S/C13H20NO2/c1-9-7-10(2)14(11(3)8-9)13(4,5)12(15)16-6/h7-8H,1-6H3/q+1. The van der Waals surface area contributed by atoms with Gasteiger partial charge >= 0.3 is 5.97 Å². The van der Waals surface area contributed by atoms with Gasteiger partial charge in [0.25, 0.3) is 5.54 Å². The normalized spacial score (nSPS) is 11.4. The predicted molar refractivity (Wildman–Crippen MR) is 62.2 cm³/mol. The average Bonchev–Trinajstić information content (AvgIpc) is 2.14. The van der Waals surface area contributed by atoms with Gasteiger partial charge in [-0.1, -0.05) is 0 Å². The highest BCUT2D eigenvalue weighted by Crippen LogP contribution is 2.13. The Kier molecular flexibility index (Phi) is 3.36. The summed E-state index contributed by atoms with van der Waals surface area (Å²) in [7, 11) is 1.42. The number of hydrogen-bond acceptors (Lipinski definition) is 2. The summed E-state index contributed by atoms with van der Waals surface area (Å²) in [5.41, 5.74) is 2.66. The molecule has 3 heteroatoms.